The Hall–Kier alpha value is -7.15. The third-order valence-electron chi connectivity index (χ3n) is 12.7. The summed E-state index contributed by atoms with van der Waals surface area (Å²) in [6.45, 7) is 28.0. The predicted molar refractivity (Wildman–Crippen MR) is 277 cm³/mol. The van der Waals surface area contributed by atoms with Gasteiger partial charge in [0.1, 0.15) is 11.5 Å². The average molecular weight is 1070 g/mol. The van der Waals surface area contributed by atoms with Gasteiger partial charge >= 0.3 is 32.8 Å². The first-order chi connectivity index (χ1) is 32.0. The van der Waals surface area contributed by atoms with E-state index in [1.165, 1.54) is 16.7 Å². The SMILES string of the molecule is [C-]#[N+]c1cccc(-c2cccc3c2[N+](c2cc(C(C)(C)C)cc(C(C)(C)C)c2)=C=[N+]3c2[c-]c(Oc3[c-]c4c(cc3)c3cc(-c5ccccc5)ccc3n4-c3cc(C(C)(C)C)ccn3)ccc2)c1.[Pt+2]. The van der Waals surface area contributed by atoms with E-state index < -0.39 is 0 Å². The van der Waals surface area contributed by atoms with E-state index in [1.54, 1.807) is 0 Å². The van der Waals surface area contributed by atoms with E-state index in [9.17, 15) is 0 Å². The van der Waals surface area contributed by atoms with Crippen molar-refractivity contribution in [3.63, 3.8) is 0 Å². The first kappa shape index (κ1) is 46.0. The van der Waals surface area contributed by atoms with Gasteiger partial charge in [0.15, 0.2) is 5.69 Å². The van der Waals surface area contributed by atoms with Gasteiger partial charge in [-0.25, -0.2) is 9.83 Å². The summed E-state index contributed by atoms with van der Waals surface area (Å²) >= 11 is 0. The van der Waals surface area contributed by atoms with Crippen molar-refractivity contribution in [1.82, 2.24) is 18.7 Å². The Morgan fingerprint density at radius 3 is 2.00 bits per heavy atom. The zero-order valence-electron chi connectivity index (χ0n) is 40.0. The number of pyridine rings is 1. The van der Waals surface area contributed by atoms with Gasteiger partial charge in [-0.3, -0.25) is 0 Å². The molecule has 0 saturated carbocycles. The molecule has 336 valence electrons. The maximum atomic E-state index is 7.79. The van der Waals surface area contributed by atoms with Crippen molar-refractivity contribution in [3.05, 3.63) is 198 Å². The van der Waals surface area contributed by atoms with Crippen LogP contribution in [-0.2, 0) is 37.3 Å². The summed E-state index contributed by atoms with van der Waals surface area (Å²) in [4.78, 5) is 8.70. The number of hydrogen-bond acceptors (Lipinski definition) is 2. The maximum Gasteiger partial charge on any atom is 2.00 e. The van der Waals surface area contributed by atoms with Gasteiger partial charge in [-0.2, -0.15) is 12.1 Å². The summed E-state index contributed by atoms with van der Waals surface area (Å²) < 4.78 is 13.2. The summed E-state index contributed by atoms with van der Waals surface area (Å²) in [7, 11) is 0. The first-order valence-corrected chi connectivity index (χ1v) is 22.9. The van der Waals surface area contributed by atoms with Gasteiger partial charge in [0, 0.05) is 41.4 Å². The molecule has 7 heteroatoms. The van der Waals surface area contributed by atoms with Gasteiger partial charge in [0.2, 0.25) is 5.69 Å². The van der Waals surface area contributed by atoms with Gasteiger partial charge in [0.05, 0.1) is 12.1 Å². The Morgan fingerprint density at radius 2 is 1.28 bits per heavy atom. The van der Waals surface area contributed by atoms with Crippen LogP contribution in [0, 0.1) is 18.7 Å². The Morgan fingerprint density at radius 1 is 0.588 bits per heavy atom. The van der Waals surface area contributed by atoms with Gasteiger partial charge in [-0.1, -0.05) is 157 Å². The van der Waals surface area contributed by atoms with E-state index in [4.69, 9.17) is 16.3 Å². The number of fused-ring (bicyclic) bond motifs is 4. The van der Waals surface area contributed by atoms with E-state index >= 15 is 0 Å². The first-order valence-electron chi connectivity index (χ1n) is 22.9. The van der Waals surface area contributed by atoms with Gasteiger partial charge in [-0.15, -0.1) is 23.6 Å². The molecule has 0 bridgehead atoms. The normalized spacial score (nSPS) is 12.6. The van der Waals surface area contributed by atoms with Crippen LogP contribution in [0.3, 0.4) is 0 Å². The van der Waals surface area contributed by atoms with E-state index in [0.29, 0.717) is 17.2 Å². The largest absolute Gasteiger partial charge is 2.00 e. The van der Waals surface area contributed by atoms with Gasteiger partial charge in [-0.05, 0) is 89.9 Å². The van der Waals surface area contributed by atoms with Crippen molar-refractivity contribution >= 4 is 56.3 Å². The number of ether oxygens (including phenoxy) is 1. The second-order valence-corrected chi connectivity index (χ2v) is 20.5. The monoisotopic (exact) mass is 1070 g/mol. The smallest absolute Gasteiger partial charge is 0.509 e. The number of para-hydroxylation sites is 1. The molecule has 0 spiro atoms. The van der Waals surface area contributed by atoms with E-state index in [2.05, 4.69) is 202 Å². The summed E-state index contributed by atoms with van der Waals surface area (Å²) in [6.07, 6.45) is 1.90. The van der Waals surface area contributed by atoms with Crippen LogP contribution in [0.2, 0.25) is 0 Å². The van der Waals surface area contributed by atoms with Crippen LogP contribution in [0.15, 0.2) is 158 Å². The van der Waals surface area contributed by atoms with Crippen LogP contribution in [0.4, 0.5) is 28.4 Å². The second-order valence-electron chi connectivity index (χ2n) is 20.5. The molecule has 0 amide bonds. The number of rotatable bonds is 7. The molecule has 0 fully saturated rings. The fraction of sp³-hybridized carbons (Fsp3) is 0.197. The molecule has 3 heterocycles. The van der Waals surface area contributed by atoms with Crippen molar-refractivity contribution in [2.24, 2.45) is 0 Å². The Bertz CT molecular complexity index is 3520. The van der Waals surface area contributed by atoms with Gasteiger partial charge < -0.3 is 9.30 Å². The van der Waals surface area contributed by atoms with Crippen molar-refractivity contribution in [3.8, 4) is 39.6 Å². The van der Waals surface area contributed by atoms with Crippen LogP contribution >= 0.6 is 0 Å². The van der Waals surface area contributed by atoms with Crippen molar-refractivity contribution in [2.75, 3.05) is 0 Å². The minimum Gasteiger partial charge on any atom is -0.509 e. The fourth-order valence-corrected chi connectivity index (χ4v) is 8.89. The van der Waals surface area contributed by atoms with Crippen LogP contribution in [0.1, 0.15) is 79.0 Å². The maximum absolute atomic E-state index is 7.79. The molecule has 68 heavy (non-hydrogen) atoms. The fourth-order valence-electron chi connectivity index (χ4n) is 8.89. The summed E-state index contributed by atoms with van der Waals surface area (Å²) in [6, 6.07) is 63.6. The minimum atomic E-state index is -0.0896. The van der Waals surface area contributed by atoms with E-state index in [0.717, 1.165) is 72.6 Å². The zero-order chi connectivity index (χ0) is 46.8. The number of nitrogens with zero attached hydrogens (tertiary/aromatic N) is 5. The second kappa shape index (κ2) is 17.5. The molecule has 6 nitrogen and oxygen atoms in total. The molecule has 0 aliphatic carbocycles. The van der Waals surface area contributed by atoms with E-state index in [1.807, 2.05) is 54.7 Å². The summed E-state index contributed by atoms with van der Waals surface area (Å²) in [5.74, 6) is 1.93. The topological polar surface area (TPSA) is 37.4 Å². The molecule has 0 N–H and O–H groups in total. The quantitative estimate of drug-likeness (QED) is 0.118. The molecule has 9 aromatic rings. The third-order valence-corrected chi connectivity index (χ3v) is 12.7. The third kappa shape index (κ3) is 8.65. The van der Waals surface area contributed by atoms with Crippen molar-refractivity contribution < 1.29 is 25.8 Å². The molecule has 1 aliphatic rings. The van der Waals surface area contributed by atoms with Crippen molar-refractivity contribution in [1.29, 1.82) is 0 Å². The molecular formula is C61H53N5OPt+2. The van der Waals surface area contributed by atoms with Crippen LogP contribution < -0.4 is 13.9 Å². The average Bonchev–Trinajstić information content (AvgIpc) is 3.87. The summed E-state index contributed by atoms with van der Waals surface area (Å²) in [5, 5.41) is 2.17. The molecule has 1 aliphatic heterocycles. The zero-order valence-corrected chi connectivity index (χ0v) is 42.2. The number of hydrogen-bond donors (Lipinski definition) is 0. The van der Waals surface area contributed by atoms with Crippen molar-refractivity contribution in [2.45, 2.75) is 78.6 Å². The molecular weight excluding hydrogens is 1010 g/mol. The Labute approximate surface area is 414 Å². The molecule has 2 aromatic heterocycles. The standard InChI is InChI=1S/C61H53N5O.Pt/c1-59(2,3)43-29-30-63-57(36-43)66-54-28-25-41(40-17-12-11-13-18-40)32-53(54)52-27-26-50(38-56(52)66)67-49-22-15-21-47(37-49)64-39-65(48-34-44(60(4,5)6)33-45(35-48)61(7,8)9)58-51(23-16-24-55(58)64)42-19-14-20-46(31-42)62-10;/h11-36H,1-9H3;/q;+2. The van der Waals surface area contributed by atoms with Gasteiger partial charge in [0.25, 0.3) is 5.69 Å². The molecule has 0 saturated heterocycles. The van der Waals surface area contributed by atoms with Crippen LogP contribution in [0.5, 0.6) is 11.5 Å². The van der Waals surface area contributed by atoms with E-state index in [-0.39, 0.29) is 37.3 Å². The molecule has 0 unspecified atom stereocenters. The molecule has 0 radical (unpaired) electrons. The number of benzene rings is 7. The predicted octanol–water partition coefficient (Wildman–Crippen LogP) is 16.2. The molecule has 10 rings (SSSR count). The number of aromatic nitrogens is 2. The Balaban J connectivity index is 0.00000578. The molecule has 0 atom stereocenters. The Kier molecular flexibility index (Phi) is 11.8. The minimum absolute atomic E-state index is 0. The summed E-state index contributed by atoms with van der Waals surface area (Å²) in [5.41, 5.74) is 13.9. The van der Waals surface area contributed by atoms with Crippen LogP contribution in [0.25, 0.3) is 54.7 Å². The van der Waals surface area contributed by atoms with Crippen LogP contribution in [-0.4, -0.2) is 15.6 Å². The molecule has 7 aromatic carbocycles.